The molecule has 0 aliphatic carbocycles. The van der Waals surface area contributed by atoms with Gasteiger partial charge in [-0.2, -0.15) is 24.9 Å². The molecule has 1 rings (SSSR count). The van der Waals surface area contributed by atoms with Gasteiger partial charge in [-0.1, -0.05) is 25.4 Å². The molecule has 0 saturated heterocycles. The average molecular weight is 298 g/mol. The van der Waals surface area contributed by atoms with Gasteiger partial charge in [0.05, 0.1) is 16.3 Å². The first-order valence-corrected chi connectivity index (χ1v) is 6.99. The summed E-state index contributed by atoms with van der Waals surface area (Å²) in [6.07, 6.45) is -4.35. The van der Waals surface area contributed by atoms with E-state index in [1.54, 1.807) is 11.8 Å². The standard InChI is InChI=1S/C12H15ClF3NS/c1-3-18-8(2)7-17-11-5-4-9(6-10(11)13)12(14,15)16/h4-6,8,17H,3,7H2,1-2H3. The molecule has 1 unspecified atom stereocenters. The van der Waals surface area contributed by atoms with E-state index in [0.29, 0.717) is 17.5 Å². The molecule has 6 heteroatoms. The van der Waals surface area contributed by atoms with Gasteiger partial charge in [-0.25, -0.2) is 0 Å². The zero-order chi connectivity index (χ0) is 13.8. The summed E-state index contributed by atoms with van der Waals surface area (Å²) in [7, 11) is 0. The first kappa shape index (κ1) is 15.5. The van der Waals surface area contributed by atoms with Gasteiger partial charge in [-0.05, 0) is 24.0 Å². The molecular formula is C12H15ClF3NS. The lowest BCUT2D eigenvalue weighted by Gasteiger charge is -2.14. The van der Waals surface area contributed by atoms with E-state index in [-0.39, 0.29) is 5.02 Å². The van der Waals surface area contributed by atoms with E-state index in [0.717, 1.165) is 17.9 Å². The van der Waals surface area contributed by atoms with Crippen molar-refractivity contribution >= 4 is 29.1 Å². The molecule has 0 heterocycles. The van der Waals surface area contributed by atoms with Crippen LogP contribution in [0.3, 0.4) is 0 Å². The summed E-state index contributed by atoms with van der Waals surface area (Å²) in [4.78, 5) is 0. The summed E-state index contributed by atoms with van der Waals surface area (Å²) < 4.78 is 37.3. The number of alkyl halides is 3. The van der Waals surface area contributed by atoms with Gasteiger partial charge in [0, 0.05) is 11.8 Å². The topological polar surface area (TPSA) is 12.0 Å². The average Bonchev–Trinajstić information content (AvgIpc) is 2.26. The van der Waals surface area contributed by atoms with E-state index in [2.05, 4.69) is 19.2 Å². The monoisotopic (exact) mass is 297 g/mol. The van der Waals surface area contributed by atoms with Crippen LogP contribution in [-0.2, 0) is 6.18 Å². The highest BCUT2D eigenvalue weighted by atomic mass is 35.5. The first-order chi connectivity index (χ1) is 8.34. The van der Waals surface area contributed by atoms with Crippen LogP contribution in [0.2, 0.25) is 5.02 Å². The van der Waals surface area contributed by atoms with Gasteiger partial charge in [0.15, 0.2) is 0 Å². The SMILES string of the molecule is CCSC(C)CNc1ccc(C(F)(F)F)cc1Cl. The third kappa shape index (κ3) is 4.61. The van der Waals surface area contributed by atoms with E-state index in [1.807, 2.05) is 0 Å². The summed E-state index contributed by atoms with van der Waals surface area (Å²) in [6, 6.07) is 3.35. The maximum atomic E-state index is 12.4. The highest BCUT2D eigenvalue weighted by Gasteiger charge is 2.30. The Labute approximate surface area is 114 Å². The van der Waals surface area contributed by atoms with Crippen LogP contribution in [-0.4, -0.2) is 17.5 Å². The molecule has 1 atom stereocenters. The molecule has 18 heavy (non-hydrogen) atoms. The van der Waals surface area contributed by atoms with E-state index in [9.17, 15) is 13.2 Å². The van der Waals surface area contributed by atoms with Crippen LogP contribution >= 0.6 is 23.4 Å². The van der Waals surface area contributed by atoms with Crippen LogP contribution in [0.5, 0.6) is 0 Å². The number of anilines is 1. The van der Waals surface area contributed by atoms with Crippen molar-refractivity contribution in [3.63, 3.8) is 0 Å². The lowest BCUT2D eigenvalue weighted by molar-refractivity contribution is -0.137. The minimum absolute atomic E-state index is 0.0959. The van der Waals surface area contributed by atoms with Crippen molar-refractivity contribution in [3.05, 3.63) is 28.8 Å². The van der Waals surface area contributed by atoms with Crippen molar-refractivity contribution in [2.75, 3.05) is 17.6 Å². The molecule has 1 aromatic carbocycles. The molecule has 0 bridgehead atoms. The normalized spacial score (nSPS) is 13.4. The third-order valence-electron chi connectivity index (χ3n) is 2.33. The zero-order valence-electron chi connectivity index (χ0n) is 10.1. The number of halogens is 4. The fraction of sp³-hybridized carbons (Fsp3) is 0.500. The lowest BCUT2D eigenvalue weighted by atomic mass is 10.2. The Morgan fingerprint density at radius 1 is 1.39 bits per heavy atom. The van der Waals surface area contributed by atoms with Crippen LogP contribution in [0.25, 0.3) is 0 Å². The number of nitrogens with one attached hydrogen (secondary N) is 1. The first-order valence-electron chi connectivity index (χ1n) is 5.56. The Kier molecular flexibility index (Phi) is 5.66. The summed E-state index contributed by atoms with van der Waals surface area (Å²) >= 11 is 7.60. The van der Waals surface area contributed by atoms with Gasteiger partial charge >= 0.3 is 6.18 Å². The van der Waals surface area contributed by atoms with Crippen molar-refractivity contribution in [2.45, 2.75) is 25.3 Å². The van der Waals surface area contributed by atoms with Crippen molar-refractivity contribution in [3.8, 4) is 0 Å². The van der Waals surface area contributed by atoms with Crippen LogP contribution in [0.1, 0.15) is 19.4 Å². The van der Waals surface area contributed by atoms with Gasteiger partial charge in [0.25, 0.3) is 0 Å². The van der Waals surface area contributed by atoms with Gasteiger partial charge in [-0.3, -0.25) is 0 Å². The predicted molar refractivity (Wildman–Crippen MR) is 72.5 cm³/mol. The van der Waals surface area contributed by atoms with Crippen LogP contribution in [0.4, 0.5) is 18.9 Å². The second-order valence-corrected chi connectivity index (χ2v) is 5.96. The number of thioether (sulfide) groups is 1. The molecule has 0 aromatic heterocycles. The van der Waals surface area contributed by atoms with Crippen molar-refractivity contribution in [2.24, 2.45) is 0 Å². The van der Waals surface area contributed by atoms with E-state index < -0.39 is 11.7 Å². The molecule has 0 aliphatic heterocycles. The zero-order valence-corrected chi connectivity index (χ0v) is 11.7. The summed E-state index contributed by atoms with van der Waals surface area (Å²) in [5, 5.41) is 3.53. The van der Waals surface area contributed by atoms with E-state index in [1.165, 1.54) is 6.07 Å². The molecule has 1 nitrogen and oxygen atoms in total. The minimum Gasteiger partial charge on any atom is -0.383 e. The number of rotatable bonds is 5. The minimum atomic E-state index is -4.35. The molecule has 0 saturated carbocycles. The maximum absolute atomic E-state index is 12.4. The summed E-state index contributed by atoms with van der Waals surface area (Å²) in [6.45, 7) is 4.79. The van der Waals surface area contributed by atoms with E-state index >= 15 is 0 Å². The molecule has 0 radical (unpaired) electrons. The molecule has 0 spiro atoms. The van der Waals surface area contributed by atoms with Crippen LogP contribution in [0.15, 0.2) is 18.2 Å². The molecule has 0 aliphatic rings. The summed E-state index contributed by atoms with van der Waals surface area (Å²) in [5.41, 5.74) is -0.192. The highest BCUT2D eigenvalue weighted by molar-refractivity contribution is 7.99. The highest BCUT2D eigenvalue weighted by Crippen LogP contribution is 2.33. The van der Waals surface area contributed by atoms with Gasteiger partial charge in [0.1, 0.15) is 0 Å². The van der Waals surface area contributed by atoms with Crippen molar-refractivity contribution in [1.82, 2.24) is 0 Å². The fourth-order valence-electron chi connectivity index (χ4n) is 1.43. The maximum Gasteiger partial charge on any atom is 0.416 e. The number of hydrogen-bond donors (Lipinski definition) is 1. The second kappa shape index (κ2) is 6.57. The molecular weight excluding hydrogens is 283 g/mol. The number of hydrogen-bond acceptors (Lipinski definition) is 2. The van der Waals surface area contributed by atoms with Crippen molar-refractivity contribution in [1.29, 1.82) is 0 Å². The summed E-state index contributed by atoms with van der Waals surface area (Å²) in [5.74, 6) is 1.00. The lowest BCUT2D eigenvalue weighted by Crippen LogP contribution is -2.14. The van der Waals surface area contributed by atoms with Crippen LogP contribution < -0.4 is 5.32 Å². The third-order valence-corrected chi connectivity index (χ3v) is 3.71. The Morgan fingerprint density at radius 3 is 2.56 bits per heavy atom. The second-order valence-electron chi connectivity index (χ2n) is 3.84. The largest absolute Gasteiger partial charge is 0.416 e. The Hall–Kier alpha value is -0.550. The quantitative estimate of drug-likeness (QED) is 0.828. The number of benzene rings is 1. The molecule has 1 N–H and O–H groups in total. The van der Waals surface area contributed by atoms with Crippen molar-refractivity contribution < 1.29 is 13.2 Å². The molecule has 1 aromatic rings. The Morgan fingerprint density at radius 2 is 2.06 bits per heavy atom. The smallest absolute Gasteiger partial charge is 0.383 e. The molecule has 0 amide bonds. The fourth-order valence-corrected chi connectivity index (χ4v) is 2.45. The van der Waals surface area contributed by atoms with Gasteiger partial charge < -0.3 is 5.32 Å². The Bertz CT molecular complexity index is 395. The van der Waals surface area contributed by atoms with Crippen LogP contribution in [0, 0.1) is 0 Å². The molecule has 0 fully saturated rings. The molecule has 102 valence electrons. The van der Waals surface area contributed by atoms with Gasteiger partial charge in [-0.15, -0.1) is 0 Å². The van der Waals surface area contributed by atoms with E-state index in [4.69, 9.17) is 11.6 Å². The predicted octanol–water partition coefficient (Wildman–Crippen LogP) is 4.91. The Balaban J connectivity index is 2.69. The van der Waals surface area contributed by atoms with Gasteiger partial charge in [0.2, 0.25) is 0 Å².